The summed E-state index contributed by atoms with van der Waals surface area (Å²) >= 11 is 0. The van der Waals surface area contributed by atoms with E-state index in [9.17, 15) is 0 Å². The second-order valence-corrected chi connectivity index (χ2v) is 13.2. The summed E-state index contributed by atoms with van der Waals surface area (Å²) in [6.45, 7) is 16.1. The highest BCUT2D eigenvalue weighted by Crippen LogP contribution is 2.38. The third kappa shape index (κ3) is 4.60. The standard InChI is InChI=1S/C15H32N2OSi/c1-13(12-19(6,7)15(2,3)4)16-17-10-8-9-14(17)11-18-5/h14H,8-12H2,1-7H3/t14-/m0/s1. The molecule has 19 heavy (non-hydrogen) atoms. The molecule has 1 fully saturated rings. The molecule has 0 aromatic rings. The van der Waals surface area contributed by atoms with Gasteiger partial charge in [-0.15, -0.1) is 0 Å². The maximum atomic E-state index is 5.29. The zero-order chi connectivity index (χ0) is 14.7. The molecule has 1 aliphatic heterocycles. The Kier molecular flexibility index (Phi) is 5.62. The largest absolute Gasteiger partial charge is 0.382 e. The third-order valence-electron chi connectivity index (χ3n) is 4.73. The highest BCUT2D eigenvalue weighted by molar-refractivity contribution is 6.82. The predicted molar refractivity (Wildman–Crippen MR) is 86.7 cm³/mol. The first-order valence-corrected chi connectivity index (χ1v) is 10.7. The number of hydrogen-bond acceptors (Lipinski definition) is 3. The van der Waals surface area contributed by atoms with E-state index in [2.05, 4.69) is 45.8 Å². The minimum Gasteiger partial charge on any atom is -0.382 e. The molecule has 1 atom stereocenters. The lowest BCUT2D eigenvalue weighted by molar-refractivity contribution is 0.118. The van der Waals surface area contributed by atoms with Gasteiger partial charge in [-0.25, -0.2) is 0 Å². The van der Waals surface area contributed by atoms with Crippen LogP contribution in [-0.4, -0.2) is 45.1 Å². The molecule has 0 bridgehead atoms. The number of hydrogen-bond donors (Lipinski definition) is 0. The minimum absolute atomic E-state index is 0.431. The van der Waals surface area contributed by atoms with Gasteiger partial charge in [0.2, 0.25) is 0 Å². The molecule has 1 aliphatic rings. The van der Waals surface area contributed by atoms with Crippen molar-refractivity contribution in [2.75, 3.05) is 20.3 Å². The monoisotopic (exact) mass is 284 g/mol. The molecule has 0 aromatic heterocycles. The minimum atomic E-state index is -1.27. The SMILES string of the molecule is COC[C@@H]1CCCN1N=C(C)C[Si](C)(C)C(C)(C)C. The molecular formula is C15H32N2OSi. The summed E-state index contributed by atoms with van der Waals surface area (Å²) in [6.07, 6.45) is 2.45. The highest BCUT2D eigenvalue weighted by Gasteiger charge is 2.35. The van der Waals surface area contributed by atoms with Crippen LogP contribution in [0.2, 0.25) is 24.2 Å². The van der Waals surface area contributed by atoms with Crippen molar-refractivity contribution in [2.45, 2.75) is 70.8 Å². The van der Waals surface area contributed by atoms with Crippen LogP contribution in [0, 0.1) is 0 Å². The van der Waals surface area contributed by atoms with E-state index in [1.807, 2.05) is 0 Å². The third-order valence-corrected chi connectivity index (χ3v) is 10.2. The van der Waals surface area contributed by atoms with Gasteiger partial charge in [0.05, 0.1) is 20.7 Å². The van der Waals surface area contributed by atoms with E-state index in [0.29, 0.717) is 11.1 Å². The van der Waals surface area contributed by atoms with Crippen molar-refractivity contribution in [3.05, 3.63) is 0 Å². The normalized spacial score (nSPS) is 22.2. The maximum Gasteiger partial charge on any atom is 0.0704 e. The molecule has 0 N–H and O–H groups in total. The average Bonchev–Trinajstić information content (AvgIpc) is 2.63. The van der Waals surface area contributed by atoms with Crippen LogP contribution in [0.5, 0.6) is 0 Å². The molecule has 0 aromatic carbocycles. The van der Waals surface area contributed by atoms with E-state index in [-0.39, 0.29) is 0 Å². The molecule has 112 valence electrons. The van der Waals surface area contributed by atoms with Crippen LogP contribution in [-0.2, 0) is 4.74 Å². The molecule has 4 heteroatoms. The summed E-state index contributed by atoms with van der Waals surface area (Å²) in [7, 11) is 0.511. The lowest BCUT2D eigenvalue weighted by Gasteiger charge is -2.37. The van der Waals surface area contributed by atoms with Gasteiger partial charge in [0.15, 0.2) is 0 Å². The fourth-order valence-corrected chi connectivity index (χ4v) is 4.35. The van der Waals surface area contributed by atoms with E-state index in [1.54, 1.807) is 7.11 Å². The summed E-state index contributed by atoms with van der Waals surface area (Å²) in [6, 6.07) is 1.67. The van der Waals surface area contributed by atoms with E-state index in [4.69, 9.17) is 9.84 Å². The number of ether oxygens (including phenoxy) is 1. The molecule has 1 saturated heterocycles. The summed E-state index contributed by atoms with van der Waals surface area (Å²) in [5.74, 6) is 0. The summed E-state index contributed by atoms with van der Waals surface area (Å²) < 4.78 is 5.29. The van der Waals surface area contributed by atoms with E-state index >= 15 is 0 Å². The summed E-state index contributed by atoms with van der Waals surface area (Å²) in [5, 5.41) is 7.57. The Labute approximate surface area is 120 Å². The van der Waals surface area contributed by atoms with Crippen LogP contribution in [0.25, 0.3) is 0 Å². The predicted octanol–water partition coefficient (Wildman–Crippen LogP) is 3.98. The van der Waals surface area contributed by atoms with Crippen molar-refractivity contribution in [1.29, 1.82) is 0 Å². The summed E-state index contributed by atoms with van der Waals surface area (Å²) in [4.78, 5) is 0. The Hall–Kier alpha value is -0.353. The Balaban J connectivity index is 2.67. The Bertz CT molecular complexity index is 321. The maximum absolute atomic E-state index is 5.29. The zero-order valence-electron chi connectivity index (χ0n) is 13.9. The first kappa shape index (κ1) is 16.7. The average molecular weight is 285 g/mol. The first-order valence-electron chi connectivity index (χ1n) is 7.47. The molecule has 0 unspecified atom stereocenters. The van der Waals surface area contributed by atoms with Crippen LogP contribution < -0.4 is 0 Å². The second kappa shape index (κ2) is 6.40. The quantitative estimate of drug-likeness (QED) is 0.563. The molecule has 0 spiro atoms. The molecular weight excluding hydrogens is 252 g/mol. The van der Waals surface area contributed by atoms with Crippen molar-refractivity contribution >= 4 is 13.8 Å². The Morgan fingerprint density at radius 1 is 1.37 bits per heavy atom. The van der Waals surface area contributed by atoms with Gasteiger partial charge in [-0.05, 0) is 30.8 Å². The molecule has 3 nitrogen and oxygen atoms in total. The Morgan fingerprint density at radius 2 is 2.00 bits per heavy atom. The lowest BCUT2D eigenvalue weighted by Crippen LogP contribution is -2.39. The van der Waals surface area contributed by atoms with Gasteiger partial charge >= 0.3 is 0 Å². The van der Waals surface area contributed by atoms with Crippen molar-refractivity contribution in [3.63, 3.8) is 0 Å². The molecule has 1 heterocycles. The first-order chi connectivity index (χ1) is 8.67. The topological polar surface area (TPSA) is 24.8 Å². The number of hydrazone groups is 1. The highest BCUT2D eigenvalue weighted by atomic mass is 28.3. The molecule has 0 saturated carbocycles. The number of nitrogens with zero attached hydrogens (tertiary/aromatic N) is 2. The molecule has 0 aliphatic carbocycles. The van der Waals surface area contributed by atoms with E-state index in [0.717, 1.165) is 13.2 Å². The van der Waals surface area contributed by atoms with Crippen molar-refractivity contribution in [2.24, 2.45) is 5.10 Å². The van der Waals surface area contributed by atoms with Crippen LogP contribution in [0.1, 0.15) is 40.5 Å². The van der Waals surface area contributed by atoms with Gasteiger partial charge in [-0.2, -0.15) is 5.10 Å². The van der Waals surface area contributed by atoms with Gasteiger partial charge < -0.3 is 4.74 Å². The fraction of sp³-hybridized carbons (Fsp3) is 0.933. The zero-order valence-corrected chi connectivity index (χ0v) is 14.9. The van der Waals surface area contributed by atoms with Crippen LogP contribution in [0.3, 0.4) is 0 Å². The van der Waals surface area contributed by atoms with Gasteiger partial charge in [0, 0.05) is 19.4 Å². The Morgan fingerprint density at radius 3 is 2.53 bits per heavy atom. The number of methoxy groups -OCH3 is 1. The van der Waals surface area contributed by atoms with Gasteiger partial charge in [-0.1, -0.05) is 33.9 Å². The van der Waals surface area contributed by atoms with E-state index < -0.39 is 8.07 Å². The van der Waals surface area contributed by atoms with Crippen LogP contribution in [0.4, 0.5) is 0 Å². The lowest BCUT2D eigenvalue weighted by atomic mass is 10.2. The van der Waals surface area contributed by atoms with Crippen molar-refractivity contribution in [3.8, 4) is 0 Å². The van der Waals surface area contributed by atoms with Crippen molar-refractivity contribution in [1.82, 2.24) is 5.01 Å². The number of rotatable bonds is 5. The van der Waals surface area contributed by atoms with E-state index in [1.165, 1.54) is 24.6 Å². The smallest absolute Gasteiger partial charge is 0.0704 e. The molecule has 0 amide bonds. The second-order valence-electron chi connectivity index (χ2n) is 7.56. The van der Waals surface area contributed by atoms with Gasteiger partial charge in [0.25, 0.3) is 0 Å². The molecule has 1 rings (SSSR count). The van der Waals surface area contributed by atoms with Gasteiger partial charge in [-0.3, -0.25) is 5.01 Å². The summed E-state index contributed by atoms with van der Waals surface area (Å²) in [5.41, 5.74) is 1.30. The molecule has 0 radical (unpaired) electrons. The van der Waals surface area contributed by atoms with Gasteiger partial charge in [0.1, 0.15) is 0 Å². The van der Waals surface area contributed by atoms with Crippen LogP contribution in [0.15, 0.2) is 5.10 Å². The van der Waals surface area contributed by atoms with Crippen LogP contribution >= 0.6 is 0 Å². The van der Waals surface area contributed by atoms with Crippen molar-refractivity contribution < 1.29 is 4.74 Å². The fourth-order valence-electron chi connectivity index (χ4n) is 2.47.